The molecule has 1 aliphatic heterocycles. The topological polar surface area (TPSA) is 65.9 Å². The molecule has 0 unspecified atom stereocenters. The van der Waals surface area contributed by atoms with Crippen LogP contribution in [0.4, 0.5) is 0 Å². The summed E-state index contributed by atoms with van der Waals surface area (Å²) in [6.45, 7) is 3.12. The van der Waals surface area contributed by atoms with Gasteiger partial charge in [0.25, 0.3) is 5.56 Å². The number of hydrogen-bond acceptors (Lipinski definition) is 4. The fraction of sp³-hybridized carbons (Fsp3) is 0.444. The number of likely N-dealkylation sites (tertiary alicyclic amines) is 1. The Hall–Kier alpha value is -2.34. The van der Waals surface area contributed by atoms with Crippen molar-refractivity contribution in [3.8, 4) is 0 Å². The Morgan fingerprint density at radius 2 is 2.33 bits per heavy atom. The number of H-pyrrole nitrogens is 1. The van der Waals surface area contributed by atoms with E-state index in [0.717, 1.165) is 50.0 Å². The largest absolute Gasteiger partial charge is 0.384 e. The molecular formula is C18H23N5O. The smallest absolute Gasteiger partial charge is 0.251 e. The summed E-state index contributed by atoms with van der Waals surface area (Å²) >= 11 is 0. The zero-order valence-electron chi connectivity index (χ0n) is 14.0. The average Bonchev–Trinajstić information content (AvgIpc) is 3.17. The Bertz CT molecular complexity index is 819. The molecule has 6 heteroatoms. The predicted octanol–water partition coefficient (Wildman–Crippen LogP) is 1.26. The molecule has 126 valence electrons. The molecule has 0 amide bonds. The summed E-state index contributed by atoms with van der Waals surface area (Å²) in [5.41, 5.74) is 4.53. The van der Waals surface area contributed by atoms with E-state index in [0.29, 0.717) is 6.04 Å². The molecule has 2 aromatic rings. The van der Waals surface area contributed by atoms with E-state index in [1.54, 1.807) is 6.20 Å². The van der Waals surface area contributed by atoms with Gasteiger partial charge in [-0.25, -0.2) is 0 Å². The van der Waals surface area contributed by atoms with Crippen molar-refractivity contribution in [3.05, 3.63) is 57.4 Å². The van der Waals surface area contributed by atoms with Crippen molar-refractivity contribution in [3.63, 3.8) is 0 Å². The molecule has 0 bridgehead atoms. The molecule has 2 aromatic heterocycles. The minimum Gasteiger partial charge on any atom is -0.384 e. The van der Waals surface area contributed by atoms with Crippen molar-refractivity contribution >= 4 is 6.08 Å². The van der Waals surface area contributed by atoms with Gasteiger partial charge in [0.2, 0.25) is 0 Å². The third-order valence-corrected chi connectivity index (χ3v) is 4.90. The summed E-state index contributed by atoms with van der Waals surface area (Å²) in [6.07, 6.45) is 10.8. The van der Waals surface area contributed by atoms with Crippen molar-refractivity contribution in [2.75, 3.05) is 13.1 Å². The lowest BCUT2D eigenvalue weighted by atomic mass is 9.97. The number of aromatic nitrogens is 3. The predicted molar refractivity (Wildman–Crippen MR) is 93.4 cm³/mol. The fourth-order valence-corrected chi connectivity index (χ4v) is 3.72. The quantitative estimate of drug-likeness (QED) is 0.888. The second-order valence-electron chi connectivity index (χ2n) is 6.80. The van der Waals surface area contributed by atoms with E-state index < -0.39 is 0 Å². The van der Waals surface area contributed by atoms with Crippen LogP contribution in [0, 0.1) is 0 Å². The summed E-state index contributed by atoms with van der Waals surface area (Å²) in [6, 6.07) is 2.47. The van der Waals surface area contributed by atoms with Gasteiger partial charge in [0.05, 0.1) is 6.20 Å². The maximum Gasteiger partial charge on any atom is 0.251 e. The summed E-state index contributed by atoms with van der Waals surface area (Å²) in [5.74, 6) is 0. The summed E-state index contributed by atoms with van der Waals surface area (Å²) in [4.78, 5) is 17.0. The van der Waals surface area contributed by atoms with E-state index in [4.69, 9.17) is 0 Å². The highest BCUT2D eigenvalue weighted by Crippen LogP contribution is 2.21. The molecule has 2 N–H and O–H groups in total. The molecule has 3 heterocycles. The standard InChI is InChI=1S/C18H23N5O/c1-22-10-13(9-20-22)11-23-7-5-16(12-23)21-15-2-3-17-14(8-15)4-6-19-18(17)24/h4,6,8-10,16,21H,2-3,5,7,11-12H2,1H3,(H,19,24)/t16-/m0/s1. The highest BCUT2D eigenvalue weighted by molar-refractivity contribution is 5.58. The number of pyridine rings is 1. The molecule has 1 aliphatic carbocycles. The van der Waals surface area contributed by atoms with Gasteiger partial charge in [0.1, 0.15) is 0 Å². The van der Waals surface area contributed by atoms with Gasteiger partial charge in [-0.2, -0.15) is 5.10 Å². The Labute approximate surface area is 141 Å². The van der Waals surface area contributed by atoms with Crippen LogP contribution in [-0.2, 0) is 20.0 Å². The lowest BCUT2D eigenvalue weighted by Crippen LogP contribution is -2.33. The first kappa shape index (κ1) is 15.2. The van der Waals surface area contributed by atoms with Crippen molar-refractivity contribution in [2.24, 2.45) is 7.05 Å². The molecule has 0 spiro atoms. The molecule has 0 saturated carbocycles. The molecule has 1 atom stereocenters. The molecule has 0 radical (unpaired) electrons. The Morgan fingerprint density at radius 1 is 1.42 bits per heavy atom. The van der Waals surface area contributed by atoms with Crippen LogP contribution in [0.15, 0.2) is 35.1 Å². The van der Waals surface area contributed by atoms with Gasteiger partial charge in [-0.05, 0) is 37.0 Å². The first-order valence-corrected chi connectivity index (χ1v) is 8.55. The van der Waals surface area contributed by atoms with E-state index >= 15 is 0 Å². The first-order valence-electron chi connectivity index (χ1n) is 8.55. The van der Waals surface area contributed by atoms with E-state index in [2.05, 4.69) is 32.6 Å². The normalized spacial score (nSPS) is 20.7. The third-order valence-electron chi connectivity index (χ3n) is 4.90. The van der Waals surface area contributed by atoms with Crippen molar-refractivity contribution in [1.82, 2.24) is 25.0 Å². The second-order valence-corrected chi connectivity index (χ2v) is 6.80. The Balaban J connectivity index is 1.38. The number of nitrogens with one attached hydrogen (secondary N) is 2. The highest BCUT2D eigenvalue weighted by Gasteiger charge is 2.24. The van der Waals surface area contributed by atoms with Gasteiger partial charge < -0.3 is 10.3 Å². The maximum atomic E-state index is 11.8. The van der Waals surface area contributed by atoms with Crippen LogP contribution < -0.4 is 10.9 Å². The zero-order valence-corrected chi connectivity index (χ0v) is 14.0. The first-order chi connectivity index (χ1) is 11.7. The number of allylic oxidation sites excluding steroid dienone is 1. The third kappa shape index (κ3) is 3.14. The van der Waals surface area contributed by atoms with Gasteiger partial charge in [-0.3, -0.25) is 14.4 Å². The summed E-state index contributed by atoms with van der Waals surface area (Å²) in [7, 11) is 1.95. The highest BCUT2D eigenvalue weighted by atomic mass is 16.1. The Morgan fingerprint density at radius 3 is 3.17 bits per heavy atom. The van der Waals surface area contributed by atoms with E-state index in [1.807, 2.05) is 24.0 Å². The van der Waals surface area contributed by atoms with Crippen LogP contribution in [0.1, 0.15) is 29.5 Å². The minimum absolute atomic E-state index is 0.0475. The van der Waals surface area contributed by atoms with Crippen LogP contribution in [0.3, 0.4) is 0 Å². The van der Waals surface area contributed by atoms with Gasteiger partial charge in [0.15, 0.2) is 0 Å². The molecule has 0 aromatic carbocycles. The van der Waals surface area contributed by atoms with Crippen molar-refractivity contribution < 1.29 is 0 Å². The molecule has 1 saturated heterocycles. The molecule has 1 fully saturated rings. The molecule has 4 rings (SSSR count). The maximum absolute atomic E-state index is 11.8. The van der Waals surface area contributed by atoms with Crippen LogP contribution >= 0.6 is 0 Å². The van der Waals surface area contributed by atoms with Crippen LogP contribution in [-0.4, -0.2) is 38.8 Å². The molecular weight excluding hydrogens is 302 g/mol. The number of aryl methyl sites for hydroxylation is 1. The van der Waals surface area contributed by atoms with Gasteiger partial charge in [-0.1, -0.05) is 0 Å². The van der Waals surface area contributed by atoms with E-state index in [9.17, 15) is 4.79 Å². The van der Waals surface area contributed by atoms with E-state index in [-0.39, 0.29) is 5.56 Å². The molecule has 2 aliphatic rings. The van der Waals surface area contributed by atoms with Crippen LogP contribution in [0.25, 0.3) is 6.08 Å². The van der Waals surface area contributed by atoms with E-state index in [1.165, 1.54) is 11.3 Å². The second kappa shape index (κ2) is 6.28. The number of fused-ring (bicyclic) bond motifs is 1. The minimum atomic E-state index is 0.0475. The summed E-state index contributed by atoms with van der Waals surface area (Å²) in [5, 5.41) is 7.92. The lowest BCUT2D eigenvalue weighted by molar-refractivity contribution is 0.322. The van der Waals surface area contributed by atoms with Gasteiger partial charge in [-0.15, -0.1) is 0 Å². The number of rotatable bonds is 4. The van der Waals surface area contributed by atoms with Gasteiger partial charge in [0, 0.05) is 61.9 Å². The van der Waals surface area contributed by atoms with Crippen LogP contribution in [0.2, 0.25) is 0 Å². The fourth-order valence-electron chi connectivity index (χ4n) is 3.72. The number of aromatic amines is 1. The molecule has 24 heavy (non-hydrogen) atoms. The van der Waals surface area contributed by atoms with Gasteiger partial charge >= 0.3 is 0 Å². The van der Waals surface area contributed by atoms with Crippen molar-refractivity contribution in [2.45, 2.75) is 31.8 Å². The zero-order chi connectivity index (χ0) is 16.5. The monoisotopic (exact) mass is 325 g/mol. The SMILES string of the molecule is Cn1cc(CN2CC[C@H](NC3=Cc4cc[nH]c(=O)c4CC3)C2)cn1. The summed E-state index contributed by atoms with van der Waals surface area (Å²) < 4.78 is 1.85. The Kier molecular flexibility index (Phi) is 3.98. The van der Waals surface area contributed by atoms with Crippen LogP contribution in [0.5, 0.6) is 0 Å². The van der Waals surface area contributed by atoms with Crippen molar-refractivity contribution in [1.29, 1.82) is 0 Å². The average molecular weight is 325 g/mol. The number of nitrogens with zero attached hydrogens (tertiary/aromatic N) is 3. The molecule has 6 nitrogen and oxygen atoms in total. The lowest BCUT2D eigenvalue weighted by Gasteiger charge is -2.21. The number of hydrogen-bond donors (Lipinski definition) is 2.